The van der Waals surface area contributed by atoms with Gasteiger partial charge in [0.1, 0.15) is 23.6 Å². The number of aryl methyl sites for hydroxylation is 1. The van der Waals surface area contributed by atoms with Gasteiger partial charge in [-0.3, -0.25) is 14.4 Å². The van der Waals surface area contributed by atoms with Gasteiger partial charge in [-0.15, -0.1) is 5.10 Å². The Morgan fingerprint density at radius 2 is 1.91 bits per heavy atom. The Hall–Kier alpha value is -4.91. The second kappa shape index (κ2) is 12.7. The highest BCUT2D eigenvalue weighted by Gasteiger charge is 2.35. The lowest BCUT2D eigenvalue weighted by molar-refractivity contribution is -0.137. The molecule has 15 nitrogen and oxygen atoms in total. The molecule has 0 aliphatic carbocycles. The largest absolute Gasteiger partial charge is 0.504 e. The van der Waals surface area contributed by atoms with Gasteiger partial charge in [-0.1, -0.05) is 24.3 Å². The number of piperazine rings is 1. The molecule has 0 radical (unpaired) electrons. The number of fused-ring (bicyclic) bond motifs is 1. The van der Waals surface area contributed by atoms with E-state index in [9.17, 15) is 32.7 Å². The SMILES string of the molecule is CCc1c(N2CCN(C(=O)c3ncnc(C)c3O)CC2)c(=O)n2nc(C3=CCOCC3)nc2n1CC(=O)Nc1cnc(C(F)(F)F)s1. The van der Waals surface area contributed by atoms with Crippen LogP contribution in [-0.2, 0) is 28.7 Å². The van der Waals surface area contributed by atoms with Crippen LogP contribution in [0.5, 0.6) is 5.75 Å². The fourth-order valence-electron chi connectivity index (χ4n) is 5.49. The molecular weight excluding hydrogens is 645 g/mol. The van der Waals surface area contributed by atoms with Crippen LogP contribution in [0.2, 0.25) is 0 Å². The number of alkyl halides is 3. The molecule has 0 spiro atoms. The van der Waals surface area contributed by atoms with Gasteiger partial charge >= 0.3 is 6.18 Å². The monoisotopic (exact) mass is 674 g/mol. The number of nitrogens with zero attached hydrogens (tertiary/aromatic N) is 9. The standard InChI is InChI=1S/C28H29F3N10O5S/c1-3-17-21(38-6-8-39(9-7-38)24(44)20-22(43)15(2)33-14-34-20)25(45)41-27(36-23(37-41)16-4-10-46-11-5-16)40(17)13-18(42)35-19-12-32-26(47-19)28(29,30)31/h4,12,14,43H,3,5-11,13H2,1-2H3,(H,35,42). The highest BCUT2D eigenvalue weighted by Crippen LogP contribution is 2.34. The third-order valence-electron chi connectivity index (χ3n) is 7.81. The van der Waals surface area contributed by atoms with E-state index in [1.54, 1.807) is 18.7 Å². The minimum Gasteiger partial charge on any atom is -0.504 e. The van der Waals surface area contributed by atoms with Crippen LogP contribution in [-0.4, -0.2) is 95.3 Å². The molecule has 2 amide bonds. The molecule has 0 atom stereocenters. The van der Waals surface area contributed by atoms with Crippen molar-refractivity contribution in [2.75, 3.05) is 49.6 Å². The number of halogens is 3. The van der Waals surface area contributed by atoms with E-state index in [4.69, 9.17) is 4.74 Å². The van der Waals surface area contributed by atoms with Crippen molar-refractivity contribution in [1.29, 1.82) is 0 Å². The van der Waals surface area contributed by atoms with Crippen LogP contribution in [0.4, 0.5) is 23.9 Å². The van der Waals surface area contributed by atoms with Crippen molar-refractivity contribution >= 4 is 45.2 Å². The first-order chi connectivity index (χ1) is 22.5. The molecule has 2 aliphatic rings. The van der Waals surface area contributed by atoms with Gasteiger partial charge in [-0.05, 0) is 25.3 Å². The van der Waals surface area contributed by atoms with Gasteiger partial charge in [0, 0.05) is 26.2 Å². The van der Waals surface area contributed by atoms with Crippen molar-refractivity contribution in [2.24, 2.45) is 0 Å². The maximum atomic E-state index is 14.1. The zero-order valence-corrected chi connectivity index (χ0v) is 26.1. The highest BCUT2D eigenvalue weighted by atomic mass is 32.1. The summed E-state index contributed by atoms with van der Waals surface area (Å²) in [6.45, 7) is 4.66. The Labute approximate surface area is 268 Å². The Bertz CT molecular complexity index is 1940. The summed E-state index contributed by atoms with van der Waals surface area (Å²) >= 11 is 0.302. The van der Waals surface area contributed by atoms with E-state index in [0.29, 0.717) is 48.9 Å². The third-order valence-corrected chi connectivity index (χ3v) is 8.77. The van der Waals surface area contributed by atoms with E-state index < -0.39 is 28.6 Å². The molecular formula is C28H29F3N10O5S. The molecule has 248 valence electrons. The molecule has 2 aliphatic heterocycles. The number of aromatic nitrogens is 7. The van der Waals surface area contributed by atoms with E-state index in [1.807, 2.05) is 6.08 Å². The van der Waals surface area contributed by atoms with Crippen molar-refractivity contribution in [3.63, 3.8) is 0 Å². The number of hydrogen-bond acceptors (Lipinski definition) is 12. The van der Waals surface area contributed by atoms with Crippen molar-refractivity contribution in [1.82, 2.24) is 39.0 Å². The first-order valence-electron chi connectivity index (χ1n) is 14.6. The van der Waals surface area contributed by atoms with E-state index in [0.717, 1.165) is 16.3 Å². The summed E-state index contributed by atoms with van der Waals surface area (Å²) in [5, 5.41) is 16.1. The molecule has 0 bridgehead atoms. The van der Waals surface area contributed by atoms with Crippen LogP contribution in [0.3, 0.4) is 0 Å². The van der Waals surface area contributed by atoms with Gasteiger partial charge in [-0.25, -0.2) is 15.0 Å². The van der Waals surface area contributed by atoms with E-state index in [1.165, 1.54) is 15.8 Å². The van der Waals surface area contributed by atoms with Gasteiger partial charge in [0.25, 0.3) is 11.5 Å². The Morgan fingerprint density at radius 3 is 2.57 bits per heavy atom. The smallest absolute Gasteiger partial charge is 0.443 e. The lowest BCUT2D eigenvalue weighted by Gasteiger charge is -2.36. The number of rotatable bonds is 7. The molecule has 1 saturated heterocycles. The molecule has 19 heteroatoms. The highest BCUT2D eigenvalue weighted by molar-refractivity contribution is 7.15. The normalized spacial score (nSPS) is 15.6. The average Bonchev–Trinajstić information content (AvgIpc) is 3.72. The topological polar surface area (TPSA) is 173 Å². The fraction of sp³-hybridized carbons (Fsp3) is 0.429. The molecule has 0 aromatic carbocycles. The summed E-state index contributed by atoms with van der Waals surface area (Å²) in [7, 11) is 0. The zero-order chi connectivity index (χ0) is 33.5. The molecule has 4 aromatic rings. The maximum absolute atomic E-state index is 14.1. The first kappa shape index (κ1) is 32.0. The second-order valence-corrected chi connectivity index (χ2v) is 11.8. The van der Waals surface area contributed by atoms with E-state index in [-0.39, 0.29) is 66.3 Å². The Kier molecular flexibility index (Phi) is 8.66. The van der Waals surface area contributed by atoms with Gasteiger partial charge in [0.05, 0.1) is 30.8 Å². The average molecular weight is 675 g/mol. The molecule has 6 heterocycles. The number of amides is 2. The van der Waals surface area contributed by atoms with Crippen molar-refractivity contribution in [3.8, 4) is 5.75 Å². The first-order valence-corrected chi connectivity index (χ1v) is 15.4. The summed E-state index contributed by atoms with van der Waals surface area (Å²) in [6.07, 6.45) is 0.114. The number of anilines is 2. The maximum Gasteiger partial charge on any atom is 0.443 e. The molecule has 2 N–H and O–H groups in total. The van der Waals surface area contributed by atoms with Crippen LogP contribution < -0.4 is 15.8 Å². The van der Waals surface area contributed by atoms with E-state index >= 15 is 0 Å². The van der Waals surface area contributed by atoms with Crippen LogP contribution in [0, 0.1) is 6.92 Å². The molecule has 1 fully saturated rings. The number of ether oxygens (including phenoxy) is 1. The molecule has 4 aromatic heterocycles. The summed E-state index contributed by atoms with van der Waals surface area (Å²) in [5.74, 6) is -1.04. The number of nitrogens with one attached hydrogen (secondary N) is 1. The predicted octanol–water partition coefficient (Wildman–Crippen LogP) is 2.14. The summed E-state index contributed by atoms with van der Waals surface area (Å²) < 4.78 is 47.3. The van der Waals surface area contributed by atoms with Gasteiger partial charge < -0.3 is 29.5 Å². The number of carbonyl (C=O) groups excluding carboxylic acids is 2. The second-order valence-electron chi connectivity index (χ2n) is 10.8. The van der Waals surface area contributed by atoms with Gasteiger partial charge in [-0.2, -0.15) is 22.7 Å². The predicted molar refractivity (Wildman–Crippen MR) is 162 cm³/mol. The Balaban J connectivity index is 1.34. The molecule has 6 rings (SSSR count). The summed E-state index contributed by atoms with van der Waals surface area (Å²) in [6, 6.07) is 0. The number of hydrogen-bond donors (Lipinski definition) is 2. The minimum atomic E-state index is -4.65. The quantitative estimate of drug-likeness (QED) is 0.294. The van der Waals surface area contributed by atoms with E-state index in [2.05, 4.69) is 30.4 Å². The molecule has 0 saturated carbocycles. The van der Waals surface area contributed by atoms with Crippen molar-refractivity contribution in [3.05, 3.63) is 56.9 Å². The number of carbonyl (C=O) groups is 2. The van der Waals surface area contributed by atoms with Gasteiger partial charge in [0.2, 0.25) is 11.7 Å². The molecule has 47 heavy (non-hydrogen) atoms. The third kappa shape index (κ3) is 6.27. The lowest BCUT2D eigenvalue weighted by Crippen LogP contribution is -2.51. The Morgan fingerprint density at radius 1 is 1.15 bits per heavy atom. The minimum absolute atomic E-state index is 0.0853. The summed E-state index contributed by atoms with van der Waals surface area (Å²) in [5.41, 5.74) is 1.18. The fourth-order valence-corrected chi connectivity index (χ4v) is 6.18. The van der Waals surface area contributed by atoms with Crippen LogP contribution in [0.1, 0.15) is 46.1 Å². The van der Waals surface area contributed by atoms with Crippen molar-refractivity contribution < 1.29 is 32.6 Å². The zero-order valence-electron chi connectivity index (χ0n) is 25.2. The molecule has 0 unspecified atom stereocenters. The number of aromatic hydroxyl groups is 1. The summed E-state index contributed by atoms with van der Waals surface area (Å²) in [4.78, 5) is 59.6. The van der Waals surface area contributed by atoms with Crippen molar-refractivity contribution in [2.45, 2.75) is 39.4 Å². The number of thiazole rings is 1. The van der Waals surface area contributed by atoms with Crippen LogP contribution in [0.15, 0.2) is 23.4 Å². The van der Waals surface area contributed by atoms with Gasteiger partial charge in [0.15, 0.2) is 22.3 Å². The van der Waals surface area contributed by atoms with Crippen LogP contribution in [0.25, 0.3) is 11.4 Å². The van der Waals surface area contributed by atoms with Crippen LogP contribution >= 0.6 is 11.3 Å². The lowest BCUT2D eigenvalue weighted by atomic mass is 10.1.